The van der Waals surface area contributed by atoms with Crippen LogP contribution in [-0.4, -0.2) is 21.5 Å². The van der Waals surface area contributed by atoms with E-state index in [1.807, 2.05) is 6.20 Å². The Labute approximate surface area is 75.9 Å². The minimum Gasteiger partial charge on any atom is -0.340 e. The monoisotopic (exact) mass is 186 g/mol. The highest BCUT2D eigenvalue weighted by Crippen LogP contribution is 2.14. The predicted molar refractivity (Wildman–Crippen MR) is 52.3 cm³/mol. The average Bonchev–Trinajstić information content (AvgIpc) is 2.52. The Hall–Kier alpha value is -0.350. The van der Waals surface area contributed by atoms with E-state index in [1.165, 1.54) is 0 Å². The van der Waals surface area contributed by atoms with E-state index >= 15 is 0 Å². The van der Waals surface area contributed by atoms with Crippen LogP contribution in [0, 0.1) is 0 Å². The number of hydrogen-bond acceptors (Lipinski definition) is 3. The highest BCUT2D eigenvalue weighted by atomic mass is 32.2. The molecule has 1 aromatic heterocycles. The summed E-state index contributed by atoms with van der Waals surface area (Å²) in [5.74, 6) is 1.63. The lowest BCUT2D eigenvalue weighted by atomic mass is 10.4. The second-order valence-electron chi connectivity index (χ2n) is 2.09. The molecule has 0 saturated heterocycles. The van der Waals surface area contributed by atoms with Gasteiger partial charge in [-0.1, -0.05) is 23.9 Å². The van der Waals surface area contributed by atoms with Gasteiger partial charge in [0.2, 0.25) is 0 Å². The summed E-state index contributed by atoms with van der Waals surface area (Å²) < 4.78 is 0. The standard InChI is InChI=1S/C7H10N2S2/c1-6(4-10)5-11-7-8-2-3-9-7/h2-3,10H,1,4-5H2,(H,8,9). The quantitative estimate of drug-likeness (QED) is 0.428. The molecular weight excluding hydrogens is 176 g/mol. The molecule has 60 valence electrons. The van der Waals surface area contributed by atoms with Gasteiger partial charge in [-0.15, -0.1) is 0 Å². The first-order valence-corrected chi connectivity index (χ1v) is 4.84. The van der Waals surface area contributed by atoms with Gasteiger partial charge in [-0.3, -0.25) is 0 Å². The molecule has 11 heavy (non-hydrogen) atoms. The maximum atomic E-state index is 4.10. The zero-order chi connectivity index (χ0) is 8.10. The third kappa shape index (κ3) is 3.03. The van der Waals surface area contributed by atoms with Crippen LogP contribution in [0.5, 0.6) is 0 Å². The maximum absolute atomic E-state index is 4.10. The SMILES string of the molecule is C=C(CS)CSc1ncc[nH]1. The Bertz CT molecular complexity index is 218. The van der Waals surface area contributed by atoms with Gasteiger partial charge in [0.25, 0.3) is 0 Å². The summed E-state index contributed by atoms with van der Waals surface area (Å²) in [7, 11) is 0. The van der Waals surface area contributed by atoms with E-state index in [0.29, 0.717) is 0 Å². The van der Waals surface area contributed by atoms with E-state index < -0.39 is 0 Å². The van der Waals surface area contributed by atoms with Crippen LogP contribution in [0.3, 0.4) is 0 Å². The summed E-state index contributed by atoms with van der Waals surface area (Å²) in [6.45, 7) is 3.83. The molecule has 0 radical (unpaired) electrons. The molecule has 1 aromatic rings. The van der Waals surface area contributed by atoms with Crippen molar-refractivity contribution in [1.82, 2.24) is 9.97 Å². The van der Waals surface area contributed by atoms with Crippen molar-refractivity contribution in [2.45, 2.75) is 5.16 Å². The van der Waals surface area contributed by atoms with Gasteiger partial charge >= 0.3 is 0 Å². The van der Waals surface area contributed by atoms with Crippen molar-refractivity contribution in [2.24, 2.45) is 0 Å². The molecule has 0 unspecified atom stereocenters. The van der Waals surface area contributed by atoms with Crippen LogP contribution in [-0.2, 0) is 0 Å². The largest absolute Gasteiger partial charge is 0.340 e. The number of H-pyrrole nitrogens is 1. The van der Waals surface area contributed by atoms with Crippen LogP contribution in [0.2, 0.25) is 0 Å². The molecule has 1 N–H and O–H groups in total. The Morgan fingerprint density at radius 2 is 2.64 bits per heavy atom. The Morgan fingerprint density at radius 1 is 1.82 bits per heavy atom. The van der Waals surface area contributed by atoms with Crippen molar-refractivity contribution in [3.8, 4) is 0 Å². The summed E-state index contributed by atoms with van der Waals surface area (Å²) in [4.78, 5) is 7.07. The number of thioether (sulfide) groups is 1. The number of rotatable bonds is 4. The predicted octanol–water partition coefficient (Wildman–Crippen LogP) is 1.99. The first kappa shape index (κ1) is 8.74. The molecule has 2 nitrogen and oxygen atoms in total. The maximum Gasteiger partial charge on any atom is 0.165 e. The van der Waals surface area contributed by atoms with Crippen LogP contribution < -0.4 is 0 Å². The summed E-state index contributed by atoms with van der Waals surface area (Å²) in [6.07, 6.45) is 3.55. The molecule has 0 atom stereocenters. The van der Waals surface area contributed by atoms with Crippen LogP contribution in [0.25, 0.3) is 0 Å². The van der Waals surface area contributed by atoms with Gasteiger partial charge in [0, 0.05) is 23.9 Å². The highest BCUT2D eigenvalue weighted by Gasteiger charge is 1.96. The van der Waals surface area contributed by atoms with Crippen molar-refractivity contribution in [3.05, 3.63) is 24.5 Å². The molecule has 4 heteroatoms. The summed E-state index contributed by atoms with van der Waals surface area (Å²) in [5, 5.41) is 0.938. The number of nitrogens with one attached hydrogen (secondary N) is 1. The molecule has 1 rings (SSSR count). The molecule has 1 heterocycles. The van der Waals surface area contributed by atoms with Crippen molar-refractivity contribution in [3.63, 3.8) is 0 Å². The Balaban J connectivity index is 2.29. The van der Waals surface area contributed by atoms with Gasteiger partial charge in [0.1, 0.15) is 0 Å². The fraction of sp³-hybridized carbons (Fsp3) is 0.286. The van der Waals surface area contributed by atoms with E-state index in [9.17, 15) is 0 Å². The van der Waals surface area contributed by atoms with Gasteiger partial charge < -0.3 is 4.98 Å². The van der Waals surface area contributed by atoms with Crippen LogP contribution >= 0.6 is 24.4 Å². The number of aromatic amines is 1. The third-order valence-electron chi connectivity index (χ3n) is 1.11. The topological polar surface area (TPSA) is 28.7 Å². The Morgan fingerprint density at radius 3 is 3.18 bits per heavy atom. The van der Waals surface area contributed by atoms with Gasteiger partial charge in [0.05, 0.1) is 0 Å². The van der Waals surface area contributed by atoms with E-state index in [4.69, 9.17) is 0 Å². The average molecular weight is 186 g/mol. The minimum absolute atomic E-state index is 0.744. The molecule has 0 aliphatic heterocycles. The molecule has 0 aromatic carbocycles. The summed E-state index contributed by atoms with van der Waals surface area (Å²) in [5.41, 5.74) is 1.12. The van der Waals surface area contributed by atoms with Crippen LogP contribution in [0.1, 0.15) is 0 Å². The van der Waals surface area contributed by atoms with Crippen LogP contribution in [0.15, 0.2) is 29.7 Å². The van der Waals surface area contributed by atoms with E-state index in [2.05, 4.69) is 29.2 Å². The summed E-state index contributed by atoms with van der Waals surface area (Å²) in [6, 6.07) is 0. The van der Waals surface area contributed by atoms with Crippen molar-refractivity contribution < 1.29 is 0 Å². The molecular formula is C7H10N2S2. The first-order valence-electron chi connectivity index (χ1n) is 3.22. The van der Waals surface area contributed by atoms with Crippen molar-refractivity contribution >= 4 is 24.4 Å². The second kappa shape index (κ2) is 4.51. The number of nitrogens with zero attached hydrogens (tertiary/aromatic N) is 1. The number of aromatic nitrogens is 2. The third-order valence-corrected chi connectivity index (χ3v) is 2.61. The fourth-order valence-electron chi connectivity index (χ4n) is 0.546. The Kier molecular flexibility index (Phi) is 3.59. The zero-order valence-electron chi connectivity index (χ0n) is 6.08. The summed E-state index contributed by atoms with van der Waals surface area (Å²) >= 11 is 5.75. The lowest BCUT2D eigenvalue weighted by molar-refractivity contribution is 1.06. The van der Waals surface area contributed by atoms with Gasteiger partial charge in [0.15, 0.2) is 5.16 Å². The first-order chi connectivity index (χ1) is 5.33. The van der Waals surface area contributed by atoms with Gasteiger partial charge in [-0.25, -0.2) is 4.98 Å². The second-order valence-corrected chi connectivity index (χ2v) is 3.37. The normalized spacial score (nSPS) is 9.91. The zero-order valence-corrected chi connectivity index (χ0v) is 7.79. The van der Waals surface area contributed by atoms with E-state index in [1.54, 1.807) is 18.0 Å². The van der Waals surface area contributed by atoms with Gasteiger partial charge in [-0.05, 0) is 0 Å². The fourth-order valence-corrected chi connectivity index (χ4v) is 1.54. The smallest absolute Gasteiger partial charge is 0.165 e. The molecule has 0 aliphatic rings. The lowest BCUT2D eigenvalue weighted by Crippen LogP contribution is -1.87. The molecule has 0 amide bonds. The minimum atomic E-state index is 0.744. The number of imidazole rings is 1. The molecule has 0 aliphatic carbocycles. The molecule has 0 saturated carbocycles. The van der Waals surface area contributed by atoms with Crippen molar-refractivity contribution in [2.75, 3.05) is 11.5 Å². The van der Waals surface area contributed by atoms with Crippen LogP contribution in [0.4, 0.5) is 0 Å². The number of thiol groups is 1. The molecule has 0 spiro atoms. The van der Waals surface area contributed by atoms with E-state index in [0.717, 1.165) is 22.2 Å². The van der Waals surface area contributed by atoms with Crippen molar-refractivity contribution in [1.29, 1.82) is 0 Å². The molecule has 0 fully saturated rings. The number of hydrogen-bond donors (Lipinski definition) is 2. The lowest BCUT2D eigenvalue weighted by Gasteiger charge is -1.97. The molecule has 0 bridgehead atoms. The van der Waals surface area contributed by atoms with Gasteiger partial charge in [-0.2, -0.15) is 12.6 Å². The highest BCUT2D eigenvalue weighted by molar-refractivity contribution is 7.99. The van der Waals surface area contributed by atoms with E-state index in [-0.39, 0.29) is 0 Å².